The molecule has 0 aliphatic carbocycles. The van der Waals surface area contributed by atoms with Crippen LogP contribution >= 0.6 is 11.6 Å². The number of benzene rings is 2. The van der Waals surface area contributed by atoms with E-state index in [1.807, 2.05) is 50.2 Å². The lowest BCUT2D eigenvalue weighted by molar-refractivity contribution is 0.102. The molecule has 0 aliphatic rings. The molecule has 1 amide bonds. The molecule has 0 aliphatic heterocycles. The second-order valence-corrected chi connectivity index (χ2v) is 5.84. The quantitative estimate of drug-likeness (QED) is 0.779. The zero-order valence-electron chi connectivity index (χ0n) is 13.5. The molecule has 1 heterocycles. The molecule has 0 spiro atoms. The van der Waals surface area contributed by atoms with Gasteiger partial charge in [0.1, 0.15) is 0 Å². The number of amides is 1. The first-order valence-corrected chi connectivity index (χ1v) is 8.05. The van der Waals surface area contributed by atoms with Gasteiger partial charge in [-0.15, -0.1) is 5.10 Å². The van der Waals surface area contributed by atoms with E-state index in [4.69, 9.17) is 11.6 Å². The lowest BCUT2D eigenvalue weighted by Gasteiger charge is -2.09. The van der Waals surface area contributed by atoms with Gasteiger partial charge in [-0.2, -0.15) is 0 Å². The standard InChI is InChI=1S/C18H17ClN4O/c1-3-16-17(21-22-23(16)14-7-5-4-6-8-14)18(24)20-15-11-13(19)10-9-12(15)2/h4-11H,3H2,1-2H3,(H,20,24). The van der Waals surface area contributed by atoms with Crippen LogP contribution in [0.1, 0.15) is 28.7 Å². The van der Waals surface area contributed by atoms with Crippen LogP contribution < -0.4 is 5.32 Å². The van der Waals surface area contributed by atoms with E-state index < -0.39 is 0 Å². The summed E-state index contributed by atoms with van der Waals surface area (Å²) < 4.78 is 1.69. The van der Waals surface area contributed by atoms with E-state index in [0.29, 0.717) is 22.8 Å². The summed E-state index contributed by atoms with van der Waals surface area (Å²) in [7, 11) is 0. The molecule has 2 aromatic carbocycles. The van der Waals surface area contributed by atoms with E-state index in [9.17, 15) is 4.79 Å². The zero-order chi connectivity index (χ0) is 17.1. The molecule has 0 saturated heterocycles. The number of carbonyl (C=O) groups is 1. The molecular formula is C18H17ClN4O. The van der Waals surface area contributed by atoms with Gasteiger partial charge in [-0.05, 0) is 43.2 Å². The molecule has 1 N–H and O–H groups in total. The first-order valence-electron chi connectivity index (χ1n) is 7.67. The van der Waals surface area contributed by atoms with Crippen molar-refractivity contribution in [3.05, 3.63) is 70.5 Å². The Balaban J connectivity index is 1.93. The molecule has 5 nitrogen and oxygen atoms in total. The van der Waals surface area contributed by atoms with Gasteiger partial charge in [-0.1, -0.05) is 48.0 Å². The summed E-state index contributed by atoms with van der Waals surface area (Å²) in [5.74, 6) is -0.292. The number of anilines is 1. The molecule has 0 unspecified atom stereocenters. The molecule has 1 aromatic heterocycles. The Morgan fingerprint density at radius 2 is 1.96 bits per heavy atom. The Morgan fingerprint density at radius 3 is 2.67 bits per heavy atom. The molecule has 0 atom stereocenters. The second kappa shape index (κ2) is 6.84. The van der Waals surface area contributed by atoms with Crippen LogP contribution in [-0.4, -0.2) is 20.9 Å². The number of nitrogens with one attached hydrogen (secondary N) is 1. The fraction of sp³-hybridized carbons (Fsp3) is 0.167. The molecule has 0 saturated carbocycles. The van der Waals surface area contributed by atoms with Crippen molar-refractivity contribution in [1.82, 2.24) is 15.0 Å². The van der Waals surface area contributed by atoms with Crippen molar-refractivity contribution in [2.75, 3.05) is 5.32 Å². The van der Waals surface area contributed by atoms with Gasteiger partial charge in [0, 0.05) is 10.7 Å². The van der Waals surface area contributed by atoms with Crippen LogP contribution in [0.2, 0.25) is 5.02 Å². The zero-order valence-corrected chi connectivity index (χ0v) is 14.2. The molecular weight excluding hydrogens is 324 g/mol. The first kappa shape index (κ1) is 16.2. The van der Waals surface area contributed by atoms with E-state index in [0.717, 1.165) is 16.9 Å². The normalized spacial score (nSPS) is 10.6. The summed E-state index contributed by atoms with van der Waals surface area (Å²) in [4.78, 5) is 12.6. The molecule has 0 radical (unpaired) electrons. The monoisotopic (exact) mass is 340 g/mol. The lowest BCUT2D eigenvalue weighted by atomic mass is 10.2. The summed E-state index contributed by atoms with van der Waals surface area (Å²) in [6.07, 6.45) is 0.638. The van der Waals surface area contributed by atoms with Gasteiger partial charge in [0.25, 0.3) is 5.91 Å². The minimum absolute atomic E-state index is 0.292. The predicted molar refractivity (Wildman–Crippen MR) is 94.9 cm³/mol. The van der Waals surface area contributed by atoms with E-state index in [2.05, 4.69) is 15.6 Å². The fourth-order valence-electron chi connectivity index (χ4n) is 2.48. The third-order valence-electron chi connectivity index (χ3n) is 3.76. The van der Waals surface area contributed by atoms with Crippen molar-refractivity contribution in [1.29, 1.82) is 0 Å². The Hall–Kier alpha value is -2.66. The Bertz CT molecular complexity index is 874. The van der Waals surface area contributed by atoms with Crippen LogP contribution in [0.15, 0.2) is 48.5 Å². The summed E-state index contributed by atoms with van der Waals surface area (Å²) >= 11 is 6.01. The van der Waals surface area contributed by atoms with Crippen LogP contribution in [0.4, 0.5) is 5.69 Å². The Labute approximate surface area is 145 Å². The summed E-state index contributed by atoms with van der Waals surface area (Å²) in [5, 5.41) is 11.7. The van der Waals surface area contributed by atoms with E-state index in [1.54, 1.807) is 16.8 Å². The number of nitrogens with zero attached hydrogens (tertiary/aromatic N) is 3. The van der Waals surface area contributed by atoms with Gasteiger partial charge in [0.05, 0.1) is 11.4 Å². The maximum absolute atomic E-state index is 12.6. The maximum atomic E-state index is 12.6. The molecule has 6 heteroatoms. The highest BCUT2D eigenvalue weighted by Gasteiger charge is 2.20. The molecule has 0 fully saturated rings. The third-order valence-corrected chi connectivity index (χ3v) is 4.00. The van der Waals surface area contributed by atoms with Gasteiger partial charge in [-0.25, -0.2) is 4.68 Å². The van der Waals surface area contributed by atoms with Crippen LogP contribution in [-0.2, 0) is 6.42 Å². The second-order valence-electron chi connectivity index (χ2n) is 5.40. The van der Waals surface area contributed by atoms with Crippen LogP contribution in [0, 0.1) is 6.92 Å². The smallest absolute Gasteiger partial charge is 0.278 e. The van der Waals surface area contributed by atoms with Crippen molar-refractivity contribution in [3.8, 4) is 5.69 Å². The number of aromatic nitrogens is 3. The lowest BCUT2D eigenvalue weighted by Crippen LogP contribution is -2.16. The van der Waals surface area contributed by atoms with Crippen molar-refractivity contribution in [2.45, 2.75) is 20.3 Å². The SMILES string of the molecule is CCc1c(C(=O)Nc2cc(Cl)ccc2C)nnn1-c1ccccc1. The van der Waals surface area contributed by atoms with Crippen LogP contribution in [0.3, 0.4) is 0 Å². The van der Waals surface area contributed by atoms with Crippen LogP contribution in [0.5, 0.6) is 0 Å². The van der Waals surface area contributed by atoms with Gasteiger partial charge in [0.2, 0.25) is 0 Å². The highest BCUT2D eigenvalue weighted by atomic mass is 35.5. The molecule has 0 bridgehead atoms. The number of para-hydroxylation sites is 1. The highest BCUT2D eigenvalue weighted by Crippen LogP contribution is 2.21. The van der Waals surface area contributed by atoms with Gasteiger partial charge in [0.15, 0.2) is 5.69 Å². The fourth-order valence-corrected chi connectivity index (χ4v) is 2.65. The van der Waals surface area contributed by atoms with Crippen molar-refractivity contribution in [3.63, 3.8) is 0 Å². The highest BCUT2D eigenvalue weighted by molar-refractivity contribution is 6.31. The Kier molecular flexibility index (Phi) is 4.62. The van der Waals surface area contributed by atoms with Gasteiger partial charge in [-0.3, -0.25) is 4.79 Å². The average Bonchev–Trinajstić information content (AvgIpc) is 3.03. The van der Waals surface area contributed by atoms with E-state index >= 15 is 0 Å². The Morgan fingerprint density at radius 1 is 1.21 bits per heavy atom. The minimum Gasteiger partial charge on any atom is -0.320 e. The average molecular weight is 341 g/mol. The predicted octanol–water partition coefficient (Wildman–Crippen LogP) is 4.04. The largest absolute Gasteiger partial charge is 0.320 e. The summed E-state index contributed by atoms with van der Waals surface area (Å²) in [6, 6.07) is 15.0. The maximum Gasteiger partial charge on any atom is 0.278 e. The number of hydrogen-bond donors (Lipinski definition) is 1. The first-order chi connectivity index (χ1) is 11.6. The van der Waals surface area contributed by atoms with Gasteiger partial charge >= 0.3 is 0 Å². The topological polar surface area (TPSA) is 59.8 Å². The minimum atomic E-state index is -0.292. The summed E-state index contributed by atoms with van der Waals surface area (Å²) in [5.41, 5.74) is 3.56. The van der Waals surface area contributed by atoms with E-state index in [-0.39, 0.29) is 5.91 Å². The van der Waals surface area contributed by atoms with Gasteiger partial charge < -0.3 is 5.32 Å². The molecule has 3 aromatic rings. The number of halogens is 1. The number of aryl methyl sites for hydroxylation is 1. The molecule has 24 heavy (non-hydrogen) atoms. The summed E-state index contributed by atoms with van der Waals surface area (Å²) in [6.45, 7) is 3.88. The molecule has 122 valence electrons. The van der Waals surface area contributed by atoms with Crippen molar-refractivity contribution < 1.29 is 4.79 Å². The number of carbonyl (C=O) groups excluding carboxylic acids is 1. The van der Waals surface area contributed by atoms with E-state index in [1.165, 1.54) is 0 Å². The number of rotatable bonds is 4. The third kappa shape index (κ3) is 3.16. The number of hydrogen-bond acceptors (Lipinski definition) is 3. The van der Waals surface area contributed by atoms with Crippen LogP contribution in [0.25, 0.3) is 5.69 Å². The van der Waals surface area contributed by atoms with Crippen molar-refractivity contribution in [2.24, 2.45) is 0 Å². The molecule has 3 rings (SSSR count). The van der Waals surface area contributed by atoms with Crippen molar-refractivity contribution >= 4 is 23.2 Å².